The molecular formula is C55H51N3. The van der Waals surface area contributed by atoms with Crippen LogP contribution in [0, 0.1) is 24.7 Å². The van der Waals surface area contributed by atoms with Crippen LogP contribution in [0.4, 0.5) is 0 Å². The molecular weight excluding hydrogens is 703 g/mol. The van der Waals surface area contributed by atoms with Crippen LogP contribution in [0.3, 0.4) is 0 Å². The normalized spacial score (nSPS) is 12.1. The molecule has 0 radical (unpaired) electrons. The van der Waals surface area contributed by atoms with Gasteiger partial charge in [-0.2, -0.15) is 0 Å². The Labute approximate surface area is 343 Å². The first-order valence-corrected chi connectivity index (χ1v) is 20.0. The minimum Gasteiger partial charge on any atom is -0.317 e. The van der Waals surface area contributed by atoms with Crippen molar-refractivity contribution in [3.8, 4) is 27.9 Å². The fourth-order valence-corrected chi connectivity index (χ4v) is 7.95. The van der Waals surface area contributed by atoms with Crippen LogP contribution < -0.4 is 0 Å². The van der Waals surface area contributed by atoms with E-state index in [1.807, 2.05) is 6.92 Å². The zero-order valence-electron chi connectivity index (χ0n) is 34.0. The van der Waals surface area contributed by atoms with Gasteiger partial charge in [0.2, 0.25) is 0 Å². The van der Waals surface area contributed by atoms with Crippen molar-refractivity contribution in [1.29, 1.82) is 10.8 Å². The van der Waals surface area contributed by atoms with E-state index in [4.69, 9.17) is 10.8 Å². The van der Waals surface area contributed by atoms with Crippen molar-refractivity contribution in [2.75, 3.05) is 0 Å². The van der Waals surface area contributed by atoms with Crippen molar-refractivity contribution in [1.82, 2.24) is 4.57 Å². The van der Waals surface area contributed by atoms with Gasteiger partial charge in [-0.3, -0.25) is 0 Å². The summed E-state index contributed by atoms with van der Waals surface area (Å²) in [7, 11) is 0. The van der Waals surface area contributed by atoms with Gasteiger partial charge in [-0.15, -0.1) is 0 Å². The Bertz CT molecular complexity index is 2690. The molecule has 1 aromatic heterocycles. The van der Waals surface area contributed by atoms with Crippen molar-refractivity contribution < 1.29 is 0 Å². The van der Waals surface area contributed by atoms with Gasteiger partial charge in [0.15, 0.2) is 0 Å². The van der Waals surface area contributed by atoms with Crippen molar-refractivity contribution >= 4 is 39.8 Å². The maximum absolute atomic E-state index is 8.50. The molecule has 286 valence electrons. The SMILES string of the molecule is C=N.CC(=N)c1cc(-c2ccc(Cc3ccccc3C3=C(C)C=CCC3)cc2)cc(-c2ccc(-n3c4ccccc4c4ccccc43)cc2)c1.Cc1ccc(C)cc1. The number of hydrogen-bond acceptors (Lipinski definition) is 2. The molecule has 0 saturated heterocycles. The highest BCUT2D eigenvalue weighted by atomic mass is 15.0. The average molecular weight is 754 g/mol. The van der Waals surface area contributed by atoms with E-state index in [2.05, 4.69) is 208 Å². The van der Waals surface area contributed by atoms with Gasteiger partial charge in [-0.1, -0.05) is 145 Å². The molecule has 7 aromatic carbocycles. The maximum atomic E-state index is 8.50. The molecule has 9 rings (SSSR count). The summed E-state index contributed by atoms with van der Waals surface area (Å²) in [6, 6.07) is 59.0. The molecule has 2 N–H and O–H groups in total. The molecule has 0 saturated carbocycles. The second kappa shape index (κ2) is 18.0. The van der Waals surface area contributed by atoms with Crippen LogP contribution in [0.25, 0.3) is 55.3 Å². The number of para-hydroxylation sites is 2. The average Bonchev–Trinajstić information content (AvgIpc) is 3.61. The van der Waals surface area contributed by atoms with Crippen LogP contribution in [-0.4, -0.2) is 17.0 Å². The molecule has 1 aliphatic carbocycles. The topological polar surface area (TPSA) is 52.6 Å². The third-order valence-corrected chi connectivity index (χ3v) is 11.1. The molecule has 1 heterocycles. The van der Waals surface area contributed by atoms with Crippen LogP contribution in [0.15, 0.2) is 182 Å². The molecule has 0 atom stereocenters. The summed E-state index contributed by atoms with van der Waals surface area (Å²) in [5, 5.41) is 16.5. The predicted molar refractivity (Wildman–Crippen MR) is 250 cm³/mol. The lowest BCUT2D eigenvalue weighted by Gasteiger charge is -2.17. The molecule has 0 aliphatic heterocycles. The predicted octanol–water partition coefficient (Wildman–Crippen LogP) is 14.8. The van der Waals surface area contributed by atoms with E-state index < -0.39 is 0 Å². The van der Waals surface area contributed by atoms with E-state index >= 15 is 0 Å². The van der Waals surface area contributed by atoms with Crippen LogP contribution in [0.1, 0.15) is 60.1 Å². The molecule has 58 heavy (non-hydrogen) atoms. The van der Waals surface area contributed by atoms with Crippen molar-refractivity contribution in [3.63, 3.8) is 0 Å². The second-order valence-electron chi connectivity index (χ2n) is 15.1. The lowest BCUT2D eigenvalue weighted by atomic mass is 9.87. The molecule has 0 bridgehead atoms. The molecule has 3 heteroatoms. The third-order valence-electron chi connectivity index (χ3n) is 11.1. The van der Waals surface area contributed by atoms with Gasteiger partial charge in [0.05, 0.1) is 11.0 Å². The summed E-state index contributed by atoms with van der Waals surface area (Å²) in [4.78, 5) is 0. The smallest absolute Gasteiger partial charge is 0.0541 e. The van der Waals surface area contributed by atoms with Crippen molar-refractivity contribution in [2.24, 2.45) is 0 Å². The van der Waals surface area contributed by atoms with E-state index in [9.17, 15) is 0 Å². The number of benzene rings is 7. The molecule has 0 unspecified atom stereocenters. The largest absolute Gasteiger partial charge is 0.317 e. The van der Waals surface area contributed by atoms with Gasteiger partial charge in [0, 0.05) is 22.2 Å². The summed E-state index contributed by atoms with van der Waals surface area (Å²) >= 11 is 0. The van der Waals surface area contributed by atoms with Gasteiger partial charge >= 0.3 is 0 Å². The zero-order valence-corrected chi connectivity index (χ0v) is 34.0. The molecule has 3 nitrogen and oxygen atoms in total. The number of nitrogens with zero attached hydrogens (tertiary/aromatic N) is 1. The number of rotatable bonds is 7. The van der Waals surface area contributed by atoms with Gasteiger partial charge in [-0.25, -0.2) is 0 Å². The molecule has 0 fully saturated rings. The lowest BCUT2D eigenvalue weighted by Crippen LogP contribution is -1.99. The highest BCUT2D eigenvalue weighted by Crippen LogP contribution is 2.35. The number of fused-ring (bicyclic) bond motifs is 3. The van der Waals surface area contributed by atoms with E-state index in [0.29, 0.717) is 5.71 Å². The highest BCUT2D eigenvalue weighted by Gasteiger charge is 2.14. The highest BCUT2D eigenvalue weighted by molar-refractivity contribution is 6.09. The Kier molecular flexibility index (Phi) is 12.2. The summed E-state index contributed by atoms with van der Waals surface area (Å²) in [6.45, 7) is 10.8. The number of aryl methyl sites for hydroxylation is 2. The fourth-order valence-electron chi connectivity index (χ4n) is 7.95. The zero-order chi connectivity index (χ0) is 40.6. The Morgan fingerprint density at radius 1 is 0.586 bits per heavy atom. The minimum absolute atomic E-state index is 0.565. The molecule has 1 aliphatic rings. The van der Waals surface area contributed by atoms with Crippen LogP contribution in [0.5, 0.6) is 0 Å². The summed E-state index contributed by atoms with van der Waals surface area (Å²) < 4.78 is 2.35. The number of nitrogens with one attached hydrogen (secondary N) is 2. The Hall–Kier alpha value is -6.84. The Morgan fingerprint density at radius 2 is 1.10 bits per heavy atom. The summed E-state index contributed by atoms with van der Waals surface area (Å²) in [5.41, 5.74) is 19.2. The van der Waals surface area contributed by atoms with Gasteiger partial charge < -0.3 is 15.4 Å². The van der Waals surface area contributed by atoms with Gasteiger partial charge in [-0.05, 0) is 152 Å². The van der Waals surface area contributed by atoms with Gasteiger partial charge in [0.1, 0.15) is 0 Å². The fraction of sp³-hybridized carbons (Fsp3) is 0.127. The molecule has 0 spiro atoms. The van der Waals surface area contributed by atoms with Crippen LogP contribution in [-0.2, 0) is 6.42 Å². The standard InChI is InChI=1S/C46H38N2.C8H10.CH3N/c1-31-11-3-5-13-41(31)42-14-6-4-12-36(42)27-33-19-21-34(22-20-33)38-28-37(32(2)47)29-39(30-38)35-23-25-40(26-24-35)48-45-17-9-7-15-43(45)44-16-8-10-18-46(44)48;1-7-3-5-8(2)6-4-7;1-2/h3-4,6-12,14-26,28-30,47H,5,13,27H2,1-2H3;3-6H,1-2H3;2H,1H2. The second-order valence-corrected chi connectivity index (χ2v) is 15.1. The third kappa shape index (κ3) is 8.60. The van der Waals surface area contributed by atoms with Crippen molar-refractivity contribution in [3.05, 3.63) is 215 Å². The summed E-state index contributed by atoms with van der Waals surface area (Å²) in [5.74, 6) is 0. The Balaban J connectivity index is 0.000000454. The first-order valence-electron chi connectivity index (χ1n) is 20.0. The number of allylic oxidation sites excluding steroid dienone is 4. The molecule has 0 amide bonds. The number of aromatic nitrogens is 1. The minimum atomic E-state index is 0.565. The molecule has 8 aromatic rings. The number of hydrogen-bond donors (Lipinski definition) is 2. The van der Waals surface area contributed by atoms with Crippen LogP contribution >= 0.6 is 0 Å². The maximum Gasteiger partial charge on any atom is 0.0541 e. The van der Waals surface area contributed by atoms with E-state index in [1.54, 1.807) is 0 Å². The first kappa shape index (κ1) is 39.4. The van der Waals surface area contributed by atoms with Crippen LogP contribution in [0.2, 0.25) is 0 Å². The lowest BCUT2D eigenvalue weighted by molar-refractivity contribution is 1.03. The van der Waals surface area contributed by atoms with E-state index in [0.717, 1.165) is 52.8 Å². The van der Waals surface area contributed by atoms with E-state index in [-0.39, 0.29) is 0 Å². The monoisotopic (exact) mass is 753 g/mol. The van der Waals surface area contributed by atoms with Crippen molar-refractivity contribution in [2.45, 2.75) is 47.0 Å². The summed E-state index contributed by atoms with van der Waals surface area (Å²) in [6.07, 6.45) is 7.66. The Morgan fingerprint density at radius 3 is 1.66 bits per heavy atom. The first-order chi connectivity index (χ1) is 28.3. The van der Waals surface area contributed by atoms with Gasteiger partial charge in [0.25, 0.3) is 0 Å². The quantitative estimate of drug-likeness (QED) is 0.152. The van der Waals surface area contributed by atoms with E-state index in [1.165, 1.54) is 60.8 Å².